The number of rotatable bonds is 4. The molecule has 0 aromatic carbocycles. The van der Waals surface area contributed by atoms with Gasteiger partial charge in [-0.1, -0.05) is 11.3 Å². The lowest BCUT2D eigenvalue weighted by atomic mass is 9.87. The minimum Gasteiger partial charge on any atom is -0.351 e. The summed E-state index contributed by atoms with van der Waals surface area (Å²) >= 11 is 1.15. The number of thiazole rings is 1. The zero-order valence-electron chi connectivity index (χ0n) is 16.7. The van der Waals surface area contributed by atoms with Crippen LogP contribution in [0.15, 0.2) is 18.3 Å². The molecule has 0 saturated carbocycles. The number of hydrogen-bond donors (Lipinski definition) is 2. The van der Waals surface area contributed by atoms with Crippen LogP contribution in [0.5, 0.6) is 0 Å². The number of anilines is 1. The first-order valence-corrected chi connectivity index (χ1v) is 10.1. The number of nitrogens with zero attached hydrogens (tertiary/aromatic N) is 3. The number of urea groups is 1. The lowest BCUT2D eigenvalue weighted by Crippen LogP contribution is -2.45. The van der Waals surface area contributed by atoms with Crippen LogP contribution in [0.4, 0.5) is 23.1 Å². The van der Waals surface area contributed by atoms with Gasteiger partial charge in [-0.05, 0) is 51.3 Å². The topological polar surface area (TPSA) is 101 Å². The number of likely N-dealkylation sites (tertiary alicyclic amines) is 1. The van der Waals surface area contributed by atoms with Gasteiger partial charge in [0, 0.05) is 12.7 Å². The van der Waals surface area contributed by atoms with E-state index in [1.165, 1.54) is 17.2 Å². The third kappa shape index (κ3) is 4.11. The summed E-state index contributed by atoms with van der Waals surface area (Å²) < 4.78 is 40.1. The Morgan fingerprint density at radius 1 is 1.33 bits per heavy atom. The largest absolute Gasteiger partial charge is 0.399 e. The molecule has 1 aliphatic heterocycles. The second-order valence-corrected chi connectivity index (χ2v) is 8.66. The van der Waals surface area contributed by atoms with E-state index in [2.05, 4.69) is 15.3 Å². The smallest absolute Gasteiger partial charge is 0.351 e. The van der Waals surface area contributed by atoms with Crippen LogP contribution in [0.3, 0.4) is 0 Å². The monoisotopic (exact) mass is 441 g/mol. The molecule has 0 unspecified atom stereocenters. The summed E-state index contributed by atoms with van der Waals surface area (Å²) in [6, 6.07) is 1.69. The standard InChI is InChI=1S/C19H22F3N5O2S/c1-10-14(11-6-7-24-13(9-11)18(2,3)19(20,21)22)30-17(25-10)26-15(28)12-5-4-8-27(12)16(23)29/h6-7,9,12H,4-5,8H2,1-3H3,(H2,23,29)(H,25,26,28)/t12-/m0/s1. The van der Waals surface area contributed by atoms with Gasteiger partial charge in [0.2, 0.25) is 5.91 Å². The molecule has 2 aromatic rings. The fourth-order valence-electron chi connectivity index (χ4n) is 3.27. The van der Waals surface area contributed by atoms with Gasteiger partial charge in [0.25, 0.3) is 0 Å². The number of pyridine rings is 1. The summed E-state index contributed by atoms with van der Waals surface area (Å²) in [4.78, 5) is 34.2. The van der Waals surface area contributed by atoms with Gasteiger partial charge in [0.05, 0.1) is 16.3 Å². The van der Waals surface area contributed by atoms with E-state index >= 15 is 0 Å². The van der Waals surface area contributed by atoms with Crippen molar-refractivity contribution in [3.63, 3.8) is 0 Å². The number of alkyl halides is 3. The zero-order chi connectivity index (χ0) is 22.3. The van der Waals surface area contributed by atoms with E-state index in [-0.39, 0.29) is 11.6 Å². The molecule has 7 nitrogen and oxygen atoms in total. The number of nitrogens with two attached hydrogens (primary N) is 1. The first-order chi connectivity index (χ1) is 13.9. The van der Waals surface area contributed by atoms with Crippen molar-refractivity contribution in [2.24, 2.45) is 5.73 Å². The SMILES string of the molecule is Cc1nc(NC(=O)[C@@H]2CCCN2C(N)=O)sc1-c1ccnc(C(C)(C)C(F)(F)F)c1. The summed E-state index contributed by atoms with van der Waals surface area (Å²) in [5, 5.41) is 3.00. The Hall–Kier alpha value is -2.69. The lowest BCUT2D eigenvalue weighted by Gasteiger charge is -2.27. The van der Waals surface area contributed by atoms with Gasteiger partial charge >= 0.3 is 12.2 Å². The number of nitrogens with one attached hydrogen (secondary N) is 1. The highest BCUT2D eigenvalue weighted by Gasteiger charge is 2.49. The molecule has 11 heteroatoms. The summed E-state index contributed by atoms with van der Waals surface area (Å²) in [6.45, 7) is 4.29. The zero-order valence-corrected chi connectivity index (χ0v) is 17.5. The average molecular weight is 441 g/mol. The minimum atomic E-state index is -4.45. The molecule has 1 fully saturated rings. The van der Waals surface area contributed by atoms with Crippen molar-refractivity contribution >= 4 is 28.4 Å². The molecule has 0 aliphatic carbocycles. The van der Waals surface area contributed by atoms with Gasteiger partial charge in [0.1, 0.15) is 11.5 Å². The summed E-state index contributed by atoms with van der Waals surface area (Å²) in [6.07, 6.45) is -1.93. The number of aromatic nitrogens is 2. The Morgan fingerprint density at radius 2 is 2.03 bits per heavy atom. The van der Waals surface area contributed by atoms with Crippen molar-refractivity contribution < 1.29 is 22.8 Å². The number of carbonyl (C=O) groups excluding carboxylic acids is 2. The highest BCUT2D eigenvalue weighted by molar-refractivity contribution is 7.19. The van der Waals surface area contributed by atoms with Crippen LogP contribution in [0.1, 0.15) is 38.1 Å². The number of carbonyl (C=O) groups is 2. The molecule has 30 heavy (non-hydrogen) atoms. The van der Waals surface area contributed by atoms with Crippen molar-refractivity contribution in [2.75, 3.05) is 11.9 Å². The van der Waals surface area contributed by atoms with Crippen LogP contribution in [-0.2, 0) is 10.2 Å². The van der Waals surface area contributed by atoms with Crippen molar-refractivity contribution in [1.82, 2.24) is 14.9 Å². The highest BCUT2D eigenvalue weighted by Crippen LogP contribution is 2.41. The van der Waals surface area contributed by atoms with Gasteiger partial charge in [-0.2, -0.15) is 13.2 Å². The third-order valence-corrected chi connectivity index (χ3v) is 6.36. The van der Waals surface area contributed by atoms with E-state index in [1.54, 1.807) is 13.0 Å². The molecule has 3 heterocycles. The van der Waals surface area contributed by atoms with Crippen molar-refractivity contribution in [3.05, 3.63) is 29.7 Å². The molecule has 1 aliphatic rings. The summed E-state index contributed by atoms with van der Waals surface area (Å²) in [5.74, 6) is -0.389. The van der Waals surface area contributed by atoms with Crippen LogP contribution in [0.25, 0.3) is 10.4 Å². The first-order valence-electron chi connectivity index (χ1n) is 9.30. The molecule has 2 aromatic heterocycles. The maximum absolute atomic E-state index is 13.4. The number of amides is 3. The number of hydrogen-bond acceptors (Lipinski definition) is 5. The van der Waals surface area contributed by atoms with Gasteiger partial charge in [-0.3, -0.25) is 9.78 Å². The van der Waals surface area contributed by atoms with Gasteiger partial charge in [-0.15, -0.1) is 0 Å². The van der Waals surface area contributed by atoms with E-state index in [1.807, 2.05) is 0 Å². The molecule has 1 saturated heterocycles. The Balaban J connectivity index is 1.84. The van der Waals surface area contributed by atoms with Gasteiger partial charge < -0.3 is 16.0 Å². The van der Waals surface area contributed by atoms with E-state index in [9.17, 15) is 22.8 Å². The second kappa shape index (κ2) is 7.86. The molecule has 3 N–H and O–H groups in total. The summed E-state index contributed by atoms with van der Waals surface area (Å²) in [5.41, 5.74) is 4.20. The molecular formula is C19H22F3N5O2S. The Labute approximate surface area is 175 Å². The van der Waals surface area contributed by atoms with Crippen molar-refractivity contribution in [1.29, 1.82) is 0 Å². The predicted octanol–water partition coefficient (Wildman–Crippen LogP) is 3.84. The van der Waals surface area contributed by atoms with Crippen molar-refractivity contribution in [2.45, 2.75) is 51.2 Å². The minimum absolute atomic E-state index is 0.103. The third-order valence-electron chi connectivity index (χ3n) is 5.24. The normalized spacial score (nSPS) is 17.3. The van der Waals surface area contributed by atoms with Crippen LogP contribution in [0, 0.1) is 6.92 Å². The summed E-state index contributed by atoms with van der Waals surface area (Å²) in [7, 11) is 0. The molecule has 1 atom stereocenters. The number of halogens is 3. The van der Waals surface area contributed by atoms with Crippen LogP contribution >= 0.6 is 11.3 Å². The fraction of sp³-hybridized carbons (Fsp3) is 0.474. The van der Waals surface area contributed by atoms with Gasteiger partial charge in [-0.25, -0.2) is 9.78 Å². The molecule has 0 radical (unpaired) electrons. The fourth-order valence-corrected chi connectivity index (χ4v) is 4.23. The number of primary amides is 1. The molecule has 162 valence electrons. The maximum Gasteiger partial charge on any atom is 0.399 e. The van der Waals surface area contributed by atoms with E-state index in [0.29, 0.717) is 40.7 Å². The van der Waals surface area contributed by atoms with E-state index < -0.39 is 23.7 Å². The van der Waals surface area contributed by atoms with Crippen molar-refractivity contribution in [3.8, 4) is 10.4 Å². The van der Waals surface area contributed by atoms with E-state index in [4.69, 9.17) is 5.73 Å². The maximum atomic E-state index is 13.4. The molecule has 0 bridgehead atoms. The van der Waals surface area contributed by atoms with Crippen LogP contribution in [0.2, 0.25) is 0 Å². The van der Waals surface area contributed by atoms with Gasteiger partial charge in [0.15, 0.2) is 5.13 Å². The molecular weight excluding hydrogens is 419 g/mol. The highest BCUT2D eigenvalue weighted by atomic mass is 32.1. The molecule has 0 spiro atoms. The predicted molar refractivity (Wildman–Crippen MR) is 107 cm³/mol. The van der Waals surface area contributed by atoms with Crippen LogP contribution in [-0.4, -0.2) is 45.6 Å². The number of aryl methyl sites for hydroxylation is 1. The average Bonchev–Trinajstić information content (AvgIpc) is 3.28. The Kier molecular flexibility index (Phi) is 5.76. The van der Waals surface area contributed by atoms with E-state index in [0.717, 1.165) is 25.2 Å². The van der Waals surface area contributed by atoms with Crippen LogP contribution < -0.4 is 11.1 Å². The Morgan fingerprint density at radius 3 is 2.67 bits per heavy atom. The second-order valence-electron chi connectivity index (χ2n) is 7.66. The lowest BCUT2D eigenvalue weighted by molar-refractivity contribution is -0.181. The molecule has 3 amide bonds. The Bertz CT molecular complexity index is 973. The molecule has 3 rings (SSSR count). The first kappa shape index (κ1) is 22.0. The quantitative estimate of drug-likeness (QED) is 0.753.